The molecule has 7 heteroatoms. The maximum absolute atomic E-state index is 12.9. The normalized spacial score (nSPS) is 19.9. The number of ketones is 1. The van der Waals surface area contributed by atoms with E-state index in [2.05, 4.69) is 9.89 Å². The van der Waals surface area contributed by atoms with Gasteiger partial charge in [0, 0.05) is 26.2 Å². The first kappa shape index (κ1) is 17.4. The fourth-order valence-corrected chi connectivity index (χ4v) is 3.52. The number of nitrogens with one attached hydrogen (secondary N) is 1. The lowest BCUT2D eigenvalue weighted by molar-refractivity contribution is -0.114. The molecular weight excluding hydrogens is 318 g/mol. The molecule has 25 heavy (non-hydrogen) atoms. The van der Waals surface area contributed by atoms with Gasteiger partial charge in [0.25, 0.3) is 5.56 Å². The Labute approximate surface area is 147 Å². The van der Waals surface area contributed by atoms with E-state index in [0.717, 1.165) is 31.7 Å². The van der Waals surface area contributed by atoms with Crippen LogP contribution in [0.1, 0.15) is 40.0 Å². The summed E-state index contributed by atoms with van der Waals surface area (Å²) in [5, 5.41) is 8.09. The lowest BCUT2D eigenvalue weighted by Gasteiger charge is -2.21. The molecule has 1 aromatic heterocycles. The van der Waals surface area contributed by atoms with Crippen molar-refractivity contribution in [3.8, 4) is 0 Å². The van der Waals surface area contributed by atoms with Crippen molar-refractivity contribution in [2.24, 2.45) is 4.99 Å². The van der Waals surface area contributed by atoms with Crippen LogP contribution in [-0.2, 0) is 17.9 Å². The molecule has 2 heterocycles. The summed E-state index contributed by atoms with van der Waals surface area (Å²) in [5.41, 5.74) is 1.45. The fourth-order valence-electron chi connectivity index (χ4n) is 3.52. The Hall–Kier alpha value is -2.44. The number of nitrogens with zero attached hydrogens (tertiary/aromatic N) is 4. The lowest BCUT2D eigenvalue weighted by atomic mass is 9.96. The number of hydrogen-bond donors (Lipinski definition) is 1. The summed E-state index contributed by atoms with van der Waals surface area (Å²) in [6, 6.07) is 0. The third kappa shape index (κ3) is 2.99. The molecule has 2 aliphatic rings. The van der Waals surface area contributed by atoms with Crippen LogP contribution < -0.4 is 10.5 Å². The fraction of sp³-hybridized carbons (Fsp3) is 0.556. The van der Waals surface area contributed by atoms with Gasteiger partial charge in [0.15, 0.2) is 17.3 Å². The predicted molar refractivity (Wildman–Crippen MR) is 99.7 cm³/mol. The van der Waals surface area contributed by atoms with Crippen LogP contribution in [0.4, 0.5) is 11.5 Å². The molecule has 0 saturated carbocycles. The second kappa shape index (κ2) is 6.82. The number of aromatic nitrogens is 2. The van der Waals surface area contributed by atoms with Crippen molar-refractivity contribution in [2.75, 3.05) is 18.0 Å². The first-order valence-electron chi connectivity index (χ1n) is 8.94. The molecule has 0 radical (unpaired) electrons. The molecule has 1 N–H and O–H groups in total. The zero-order valence-corrected chi connectivity index (χ0v) is 15.1. The Bertz CT molecular complexity index is 834. The number of rotatable bonds is 4. The van der Waals surface area contributed by atoms with Crippen LogP contribution in [0.5, 0.6) is 0 Å². The van der Waals surface area contributed by atoms with Crippen molar-refractivity contribution in [3.05, 3.63) is 22.0 Å². The van der Waals surface area contributed by atoms with Crippen LogP contribution in [0.3, 0.4) is 0 Å². The highest BCUT2D eigenvalue weighted by Gasteiger charge is 2.27. The molecule has 134 valence electrons. The average Bonchev–Trinajstić information content (AvgIpc) is 3.19. The van der Waals surface area contributed by atoms with Crippen LogP contribution in [-0.4, -0.2) is 39.7 Å². The van der Waals surface area contributed by atoms with Gasteiger partial charge in [-0.1, -0.05) is 0 Å². The quantitative estimate of drug-likeness (QED) is 0.910. The summed E-state index contributed by atoms with van der Waals surface area (Å²) in [4.78, 5) is 31.5. The zero-order valence-electron chi connectivity index (χ0n) is 15.1. The summed E-state index contributed by atoms with van der Waals surface area (Å²) >= 11 is 0. The molecule has 0 amide bonds. The zero-order chi connectivity index (χ0) is 18.1. The highest BCUT2D eigenvalue weighted by molar-refractivity contribution is 6.51. The number of anilines is 1. The number of carbonyl (C=O) groups is 1. The van der Waals surface area contributed by atoms with Gasteiger partial charge in [-0.2, -0.15) is 0 Å². The second-order valence-corrected chi connectivity index (χ2v) is 6.51. The van der Waals surface area contributed by atoms with Gasteiger partial charge in [0.1, 0.15) is 0 Å². The minimum Gasteiger partial charge on any atom is -0.355 e. The molecular formula is C18H25N5O2. The number of allylic oxidation sites excluding steroid dienone is 2. The standard InChI is InChI=1S/C18H25N5O2/c1-4-22-17(21-8-6-7-9-21)16(18(25)23(22)5-2)20-14-10-12(3)15(24)11-13(14)19/h10,19H,4-9,11H2,1-3H3. The van der Waals surface area contributed by atoms with Crippen molar-refractivity contribution in [3.63, 3.8) is 0 Å². The monoisotopic (exact) mass is 343 g/mol. The summed E-state index contributed by atoms with van der Waals surface area (Å²) < 4.78 is 3.70. The van der Waals surface area contributed by atoms with Gasteiger partial charge in [-0.15, -0.1) is 0 Å². The van der Waals surface area contributed by atoms with E-state index < -0.39 is 0 Å². The molecule has 1 aromatic rings. The van der Waals surface area contributed by atoms with Gasteiger partial charge in [-0.25, -0.2) is 9.67 Å². The molecule has 0 aromatic carbocycles. The molecule has 0 bridgehead atoms. The Kier molecular flexibility index (Phi) is 4.74. The minimum absolute atomic E-state index is 0.0523. The summed E-state index contributed by atoms with van der Waals surface area (Å²) in [5.74, 6) is 0.788. The van der Waals surface area contributed by atoms with Crippen LogP contribution in [0.25, 0.3) is 0 Å². The van der Waals surface area contributed by atoms with Gasteiger partial charge in [0.2, 0.25) is 0 Å². The Morgan fingerprint density at radius 2 is 1.76 bits per heavy atom. The van der Waals surface area contributed by atoms with Gasteiger partial charge in [-0.05, 0) is 45.3 Å². The lowest BCUT2D eigenvalue weighted by Crippen LogP contribution is -2.25. The number of carbonyl (C=O) groups excluding carboxylic acids is 1. The maximum atomic E-state index is 12.9. The van der Waals surface area contributed by atoms with Crippen molar-refractivity contribution in [1.29, 1.82) is 5.41 Å². The van der Waals surface area contributed by atoms with E-state index in [-0.39, 0.29) is 23.5 Å². The number of Topliss-reactive ketones (excluding diaryl/α,β-unsaturated/α-hetero) is 1. The first-order chi connectivity index (χ1) is 12.0. The summed E-state index contributed by atoms with van der Waals surface area (Å²) in [6.07, 6.45) is 3.89. The van der Waals surface area contributed by atoms with E-state index in [1.54, 1.807) is 17.7 Å². The van der Waals surface area contributed by atoms with Crippen LogP contribution in [0.2, 0.25) is 0 Å². The predicted octanol–water partition coefficient (Wildman–Crippen LogP) is 2.30. The third-order valence-corrected chi connectivity index (χ3v) is 4.86. The van der Waals surface area contributed by atoms with Crippen molar-refractivity contribution in [1.82, 2.24) is 9.36 Å². The minimum atomic E-state index is -0.130. The molecule has 3 rings (SSSR count). The van der Waals surface area contributed by atoms with Crippen molar-refractivity contribution < 1.29 is 4.79 Å². The number of hydrogen-bond acceptors (Lipinski definition) is 5. The van der Waals surface area contributed by atoms with E-state index in [9.17, 15) is 9.59 Å². The smallest absolute Gasteiger partial charge is 0.294 e. The van der Waals surface area contributed by atoms with Crippen LogP contribution in [0.15, 0.2) is 21.4 Å². The summed E-state index contributed by atoms with van der Waals surface area (Å²) in [7, 11) is 0. The largest absolute Gasteiger partial charge is 0.355 e. The van der Waals surface area contributed by atoms with Crippen molar-refractivity contribution >= 4 is 28.7 Å². The highest BCUT2D eigenvalue weighted by atomic mass is 16.1. The first-order valence-corrected chi connectivity index (χ1v) is 8.94. The van der Waals surface area contributed by atoms with Crippen molar-refractivity contribution in [2.45, 2.75) is 53.1 Å². The Morgan fingerprint density at radius 3 is 2.36 bits per heavy atom. The molecule has 1 aliphatic carbocycles. The molecule has 0 unspecified atom stereocenters. The molecule has 7 nitrogen and oxygen atoms in total. The molecule has 1 aliphatic heterocycles. The van der Waals surface area contributed by atoms with Crippen LogP contribution in [0, 0.1) is 5.41 Å². The third-order valence-electron chi connectivity index (χ3n) is 4.86. The average molecular weight is 343 g/mol. The van der Waals surface area contributed by atoms with E-state index >= 15 is 0 Å². The van der Waals surface area contributed by atoms with E-state index in [1.807, 2.05) is 18.5 Å². The molecule has 1 fully saturated rings. The van der Waals surface area contributed by atoms with E-state index in [1.165, 1.54) is 0 Å². The van der Waals surface area contributed by atoms with Gasteiger partial charge >= 0.3 is 0 Å². The van der Waals surface area contributed by atoms with Crippen LogP contribution >= 0.6 is 0 Å². The SMILES string of the molecule is CCn1c(N2CCCC2)c(N=C2C=C(C)C(=O)CC2=N)c(=O)n1CC. The second-order valence-electron chi connectivity index (χ2n) is 6.51. The topological polar surface area (TPSA) is 83.5 Å². The molecule has 1 saturated heterocycles. The van der Waals surface area contributed by atoms with Gasteiger partial charge in [0.05, 0.1) is 17.8 Å². The Morgan fingerprint density at radius 1 is 1.12 bits per heavy atom. The molecule has 0 spiro atoms. The summed E-state index contributed by atoms with van der Waals surface area (Å²) in [6.45, 7) is 8.78. The Balaban J connectivity index is 2.20. The number of aliphatic imine (C=N–C) groups is 1. The van der Waals surface area contributed by atoms with E-state index in [0.29, 0.717) is 30.1 Å². The molecule has 0 atom stereocenters. The maximum Gasteiger partial charge on any atom is 0.294 e. The van der Waals surface area contributed by atoms with E-state index in [4.69, 9.17) is 5.41 Å². The highest BCUT2D eigenvalue weighted by Crippen LogP contribution is 2.30. The van der Waals surface area contributed by atoms with Gasteiger partial charge < -0.3 is 10.3 Å². The van der Waals surface area contributed by atoms with Gasteiger partial charge in [-0.3, -0.25) is 14.3 Å².